The molecular weight excluding hydrogens is 314 g/mol. The van der Waals surface area contributed by atoms with E-state index in [1.807, 2.05) is 43.3 Å². The molecule has 0 radical (unpaired) electrons. The van der Waals surface area contributed by atoms with Crippen LogP contribution >= 0.6 is 11.6 Å². The van der Waals surface area contributed by atoms with Gasteiger partial charge in [0.2, 0.25) is 0 Å². The van der Waals surface area contributed by atoms with Gasteiger partial charge >= 0.3 is 0 Å². The third-order valence-electron chi connectivity index (χ3n) is 3.16. The van der Waals surface area contributed by atoms with Crippen LogP contribution in [0.2, 0.25) is 5.02 Å². The number of hydrogen-bond donors (Lipinski definition) is 2. The molecule has 0 aliphatic rings. The molecule has 1 amide bonds. The van der Waals surface area contributed by atoms with Crippen LogP contribution < -0.4 is 15.5 Å². The molecule has 0 aliphatic heterocycles. The zero-order valence-electron chi connectivity index (χ0n) is 13.0. The number of nitrogens with one attached hydrogen (secondary N) is 2. The van der Waals surface area contributed by atoms with Gasteiger partial charge in [-0.1, -0.05) is 23.7 Å². The Balaban J connectivity index is 1.86. The van der Waals surface area contributed by atoms with Gasteiger partial charge < -0.3 is 10.1 Å². The molecular formula is C17H18ClN3O2. The number of anilines is 1. The van der Waals surface area contributed by atoms with Crippen LogP contribution in [-0.2, 0) is 4.79 Å². The number of carbonyl (C=O) groups excluding carboxylic acids is 1. The van der Waals surface area contributed by atoms with E-state index in [0.717, 1.165) is 16.8 Å². The minimum absolute atomic E-state index is 0.117. The monoisotopic (exact) mass is 331 g/mol. The lowest BCUT2D eigenvalue weighted by molar-refractivity contribution is -0.119. The van der Waals surface area contributed by atoms with Gasteiger partial charge in [-0.25, -0.2) is 5.43 Å². The van der Waals surface area contributed by atoms with E-state index in [1.165, 1.54) is 0 Å². The predicted octanol–water partition coefficient (Wildman–Crippen LogP) is 3.22. The Hall–Kier alpha value is -2.53. The maximum absolute atomic E-state index is 11.8. The van der Waals surface area contributed by atoms with Gasteiger partial charge in [0, 0.05) is 16.3 Å². The van der Waals surface area contributed by atoms with Gasteiger partial charge in [-0.05, 0) is 42.8 Å². The molecule has 5 nitrogen and oxygen atoms in total. The van der Waals surface area contributed by atoms with Crippen LogP contribution in [0.15, 0.2) is 47.6 Å². The number of methoxy groups -OCH3 is 1. The van der Waals surface area contributed by atoms with Gasteiger partial charge in [-0.2, -0.15) is 5.10 Å². The predicted molar refractivity (Wildman–Crippen MR) is 93.4 cm³/mol. The average molecular weight is 332 g/mol. The van der Waals surface area contributed by atoms with E-state index in [1.54, 1.807) is 19.4 Å². The molecule has 2 rings (SSSR count). The van der Waals surface area contributed by atoms with Crippen LogP contribution in [0.1, 0.15) is 11.1 Å². The van der Waals surface area contributed by atoms with Crippen LogP contribution in [0, 0.1) is 6.92 Å². The van der Waals surface area contributed by atoms with E-state index >= 15 is 0 Å². The lowest BCUT2D eigenvalue weighted by atomic mass is 10.2. The Morgan fingerprint density at radius 1 is 1.30 bits per heavy atom. The van der Waals surface area contributed by atoms with Crippen molar-refractivity contribution in [2.24, 2.45) is 5.10 Å². The van der Waals surface area contributed by atoms with Gasteiger partial charge in [-0.3, -0.25) is 4.79 Å². The summed E-state index contributed by atoms with van der Waals surface area (Å²) in [5.41, 5.74) is 5.09. The number of ether oxygens (including phenoxy) is 1. The highest BCUT2D eigenvalue weighted by molar-refractivity contribution is 6.30. The number of benzene rings is 2. The number of halogens is 1. The standard InChI is InChI=1S/C17H18ClN3O2/c1-12-9-14(18)7-8-15(12)19-11-17(22)21-20-10-13-5-3-4-6-16(13)23-2/h3-10,19H,11H2,1-2H3,(H,21,22)/b20-10+. The first-order valence-corrected chi connectivity index (χ1v) is 7.43. The van der Waals surface area contributed by atoms with Crippen LogP contribution in [0.5, 0.6) is 5.75 Å². The molecule has 2 aromatic carbocycles. The topological polar surface area (TPSA) is 62.7 Å². The zero-order valence-corrected chi connectivity index (χ0v) is 13.7. The molecule has 0 atom stereocenters. The quantitative estimate of drug-likeness (QED) is 0.631. The molecule has 0 aromatic heterocycles. The fraction of sp³-hybridized carbons (Fsp3) is 0.176. The van der Waals surface area contributed by atoms with Gasteiger partial charge in [0.1, 0.15) is 5.75 Å². The lowest BCUT2D eigenvalue weighted by Gasteiger charge is -2.08. The maximum atomic E-state index is 11.8. The summed E-state index contributed by atoms with van der Waals surface area (Å²) in [5, 5.41) is 7.64. The molecule has 0 fully saturated rings. The molecule has 0 spiro atoms. The molecule has 0 saturated heterocycles. The second-order valence-electron chi connectivity index (χ2n) is 4.85. The molecule has 6 heteroatoms. The number of aryl methyl sites for hydroxylation is 1. The normalized spacial score (nSPS) is 10.6. The molecule has 23 heavy (non-hydrogen) atoms. The molecule has 0 unspecified atom stereocenters. The Morgan fingerprint density at radius 3 is 2.83 bits per heavy atom. The van der Waals surface area contributed by atoms with E-state index in [9.17, 15) is 4.79 Å². The van der Waals surface area contributed by atoms with Crippen molar-refractivity contribution >= 4 is 29.4 Å². The van der Waals surface area contributed by atoms with Crippen LogP contribution in [0.25, 0.3) is 0 Å². The molecule has 0 heterocycles. The first-order valence-electron chi connectivity index (χ1n) is 7.05. The first kappa shape index (κ1) is 16.8. The number of hydrazone groups is 1. The van der Waals surface area contributed by atoms with E-state index in [-0.39, 0.29) is 12.5 Å². The number of para-hydroxylation sites is 1. The second kappa shape index (κ2) is 8.19. The third kappa shape index (κ3) is 5.00. The SMILES string of the molecule is COc1ccccc1/C=N/NC(=O)CNc1ccc(Cl)cc1C. The summed E-state index contributed by atoms with van der Waals surface area (Å²) in [6.07, 6.45) is 1.55. The Kier molecular flexibility index (Phi) is 6.00. The van der Waals surface area contributed by atoms with E-state index in [0.29, 0.717) is 10.8 Å². The van der Waals surface area contributed by atoms with Crippen molar-refractivity contribution in [1.29, 1.82) is 0 Å². The number of carbonyl (C=O) groups is 1. The Bertz CT molecular complexity index is 717. The van der Waals surface area contributed by atoms with E-state index in [4.69, 9.17) is 16.3 Å². The summed E-state index contributed by atoms with van der Waals surface area (Å²) < 4.78 is 5.20. The number of nitrogens with zero attached hydrogens (tertiary/aromatic N) is 1. The Morgan fingerprint density at radius 2 is 2.09 bits per heavy atom. The van der Waals surface area contributed by atoms with E-state index < -0.39 is 0 Å². The highest BCUT2D eigenvalue weighted by atomic mass is 35.5. The first-order chi connectivity index (χ1) is 11.1. The van der Waals surface area contributed by atoms with Gasteiger partial charge in [0.15, 0.2) is 0 Å². The minimum Gasteiger partial charge on any atom is -0.496 e. The van der Waals surface area contributed by atoms with Crippen molar-refractivity contribution in [3.05, 3.63) is 58.6 Å². The molecule has 2 N–H and O–H groups in total. The van der Waals surface area contributed by atoms with Crippen molar-refractivity contribution in [2.45, 2.75) is 6.92 Å². The summed E-state index contributed by atoms with van der Waals surface area (Å²) in [6, 6.07) is 12.9. The summed E-state index contributed by atoms with van der Waals surface area (Å²) in [6.45, 7) is 2.04. The average Bonchev–Trinajstić information content (AvgIpc) is 2.54. The zero-order chi connectivity index (χ0) is 16.7. The van der Waals surface area contributed by atoms with Crippen molar-refractivity contribution < 1.29 is 9.53 Å². The smallest absolute Gasteiger partial charge is 0.259 e. The number of hydrogen-bond acceptors (Lipinski definition) is 4. The fourth-order valence-corrected chi connectivity index (χ4v) is 2.21. The summed E-state index contributed by atoms with van der Waals surface area (Å²) in [5.74, 6) is 0.450. The highest BCUT2D eigenvalue weighted by Gasteiger charge is 2.03. The number of rotatable bonds is 6. The Labute approximate surface area is 140 Å². The van der Waals surface area contributed by atoms with Crippen LogP contribution in [0.4, 0.5) is 5.69 Å². The number of amides is 1. The molecule has 0 bridgehead atoms. The van der Waals surface area contributed by atoms with E-state index in [2.05, 4.69) is 15.8 Å². The highest BCUT2D eigenvalue weighted by Crippen LogP contribution is 2.19. The van der Waals surface area contributed by atoms with Crippen molar-refractivity contribution in [1.82, 2.24) is 5.43 Å². The van der Waals surface area contributed by atoms with Crippen molar-refractivity contribution in [3.8, 4) is 5.75 Å². The van der Waals surface area contributed by atoms with Crippen molar-refractivity contribution in [2.75, 3.05) is 19.0 Å². The summed E-state index contributed by atoms with van der Waals surface area (Å²) in [4.78, 5) is 11.8. The largest absolute Gasteiger partial charge is 0.496 e. The lowest BCUT2D eigenvalue weighted by Crippen LogP contribution is -2.26. The fourth-order valence-electron chi connectivity index (χ4n) is 1.99. The minimum atomic E-state index is -0.245. The molecule has 120 valence electrons. The van der Waals surface area contributed by atoms with Gasteiger partial charge in [0.25, 0.3) is 5.91 Å². The summed E-state index contributed by atoms with van der Waals surface area (Å²) in [7, 11) is 1.59. The van der Waals surface area contributed by atoms with Crippen LogP contribution in [0.3, 0.4) is 0 Å². The third-order valence-corrected chi connectivity index (χ3v) is 3.39. The molecule has 0 aliphatic carbocycles. The van der Waals surface area contributed by atoms with Crippen molar-refractivity contribution in [3.63, 3.8) is 0 Å². The van der Waals surface area contributed by atoms with Crippen LogP contribution in [-0.4, -0.2) is 25.8 Å². The van der Waals surface area contributed by atoms with Gasteiger partial charge in [0.05, 0.1) is 19.9 Å². The molecule has 0 saturated carbocycles. The summed E-state index contributed by atoms with van der Waals surface area (Å²) >= 11 is 5.89. The second-order valence-corrected chi connectivity index (χ2v) is 5.28. The van der Waals surface area contributed by atoms with Gasteiger partial charge in [-0.15, -0.1) is 0 Å². The molecule has 2 aromatic rings. The maximum Gasteiger partial charge on any atom is 0.259 e.